The zero-order valence-electron chi connectivity index (χ0n) is 9.89. The Morgan fingerprint density at radius 3 is 2.05 bits per heavy atom. The van der Waals surface area contributed by atoms with Crippen molar-refractivity contribution >= 4 is 12.4 Å². The molecule has 0 amide bonds. The lowest BCUT2D eigenvalue weighted by Gasteiger charge is -2.18. The van der Waals surface area contributed by atoms with Crippen molar-refractivity contribution in [3.05, 3.63) is 29.8 Å². The van der Waals surface area contributed by atoms with Crippen LogP contribution in [0.15, 0.2) is 24.3 Å². The summed E-state index contributed by atoms with van der Waals surface area (Å²) in [6.45, 7) is 1.47. The van der Waals surface area contributed by atoms with Gasteiger partial charge in [0, 0.05) is 0 Å². The summed E-state index contributed by atoms with van der Waals surface area (Å²) in [7, 11) is 0. The fourth-order valence-corrected chi connectivity index (χ4v) is 1.24. The molecule has 3 nitrogen and oxygen atoms in total. The number of hydrogen-bond acceptors (Lipinski definition) is 3. The number of alkyl halides is 4. The highest BCUT2D eigenvalue weighted by atomic mass is 35.5. The van der Waals surface area contributed by atoms with Crippen LogP contribution in [0.25, 0.3) is 0 Å². The molecule has 0 aliphatic heterocycles. The lowest BCUT2D eigenvalue weighted by atomic mass is 10.0. The summed E-state index contributed by atoms with van der Waals surface area (Å²) >= 11 is 0. The Kier molecular flexibility index (Phi) is 6.54. The van der Waals surface area contributed by atoms with Crippen molar-refractivity contribution in [2.75, 3.05) is 0 Å². The van der Waals surface area contributed by atoms with Gasteiger partial charge >= 0.3 is 12.5 Å². The van der Waals surface area contributed by atoms with Gasteiger partial charge in [0.25, 0.3) is 0 Å². The molecule has 1 aromatic rings. The zero-order chi connectivity index (χ0) is 13.9. The molecule has 0 unspecified atom stereocenters. The van der Waals surface area contributed by atoms with Gasteiger partial charge < -0.3 is 15.6 Å². The average molecular weight is 304 g/mol. The van der Waals surface area contributed by atoms with Gasteiger partial charge in [-0.05, 0) is 24.6 Å². The Balaban J connectivity index is 0.00000324. The summed E-state index contributed by atoms with van der Waals surface area (Å²) in [6.07, 6.45) is -9.26. The van der Waals surface area contributed by atoms with E-state index in [2.05, 4.69) is 4.74 Å². The van der Waals surface area contributed by atoms with Crippen LogP contribution < -0.4 is 10.5 Å². The second kappa shape index (κ2) is 6.93. The van der Waals surface area contributed by atoms with Crippen LogP contribution in [0.4, 0.5) is 17.6 Å². The number of ether oxygens (including phenoxy) is 1. The number of hydrogen-bond donors (Lipinski definition) is 2. The Morgan fingerprint density at radius 1 is 1.21 bits per heavy atom. The van der Waals surface area contributed by atoms with Crippen molar-refractivity contribution in [1.82, 2.24) is 0 Å². The molecule has 8 heteroatoms. The molecule has 1 aromatic carbocycles. The normalized spacial score (nSPS) is 14.7. The van der Waals surface area contributed by atoms with E-state index in [1.807, 2.05) is 0 Å². The minimum absolute atomic E-state index is 0. The van der Waals surface area contributed by atoms with E-state index in [1.165, 1.54) is 19.1 Å². The summed E-state index contributed by atoms with van der Waals surface area (Å²) in [6, 6.07) is 4.15. The molecular formula is C11H14ClF4NO2. The molecule has 19 heavy (non-hydrogen) atoms. The van der Waals surface area contributed by atoms with Gasteiger partial charge in [0.2, 0.25) is 0 Å². The molecule has 0 bridgehead atoms. The number of benzene rings is 1. The maximum Gasteiger partial charge on any atom is 0.461 e. The van der Waals surface area contributed by atoms with Crippen molar-refractivity contribution in [2.45, 2.75) is 31.6 Å². The minimum atomic E-state index is -4.53. The summed E-state index contributed by atoms with van der Waals surface area (Å²) < 4.78 is 52.8. The van der Waals surface area contributed by atoms with Crippen molar-refractivity contribution in [3.63, 3.8) is 0 Å². The summed E-state index contributed by atoms with van der Waals surface area (Å²) in [5, 5.41) is 9.23. The predicted octanol–water partition coefficient (Wildman–Crippen LogP) is 2.73. The molecule has 0 spiro atoms. The lowest BCUT2D eigenvalue weighted by molar-refractivity contribution is -0.253. The molecule has 0 aromatic heterocycles. The molecule has 0 radical (unpaired) electrons. The third-order valence-electron chi connectivity index (χ3n) is 2.29. The van der Waals surface area contributed by atoms with E-state index in [0.29, 0.717) is 5.56 Å². The minimum Gasteiger partial charge on any atom is -0.428 e. The summed E-state index contributed by atoms with van der Waals surface area (Å²) in [4.78, 5) is 0. The Hall–Kier alpha value is -1.05. The van der Waals surface area contributed by atoms with Gasteiger partial charge in [-0.25, -0.2) is 0 Å². The summed E-state index contributed by atoms with van der Waals surface area (Å²) in [5.41, 5.74) is 6.09. The predicted molar refractivity (Wildman–Crippen MR) is 63.9 cm³/mol. The van der Waals surface area contributed by atoms with Crippen LogP contribution in [-0.4, -0.2) is 23.7 Å². The highest BCUT2D eigenvalue weighted by Gasteiger charge is 2.43. The van der Waals surface area contributed by atoms with Crippen LogP contribution in [0.3, 0.4) is 0 Å². The van der Waals surface area contributed by atoms with E-state index in [1.54, 1.807) is 0 Å². The van der Waals surface area contributed by atoms with E-state index in [4.69, 9.17) is 5.73 Å². The summed E-state index contributed by atoms with van der Waals surface area (Å²) in [5.74, 6) is -0.401. The standard InChI is InChI=1S/C11H13F4NO2.ClH/c1-6(17)9(16)7-2-4-8(5-3-7)18-11(14,15)10(12)13;/h2-6,9-10,17H,16H2,1H3;1H/t6-,9-;/m1./s1. The maximum atomic E-state index is 12.6. The quantitative estimate of drug-likeness (QED) is 0.822. The van der Waals surface area contributed by atoms with E-state index in [-0.39, 0.29) is 12.4 Å². The van der Waals surface area contributed by atoms with Crippen molar-refractivity contribution < 1.29 is 27.4 Å². The van der Waals surface area contributed by atoms with Crippen LogP contribution in [0.5, 0.6) is 5.75 Å². The van der Waals surface area contributed by atoms with Crippen LogP contribution in [0.2, 0.25) is 0 Å². The monoisotopic (exact) mass is 303 g/mol. The van der Waals surface area contributed by atoms with Gasteiger partial charge in [0.05, 0.1) is 12.1 Å². The fourth-order valence-electron chi connectivity index (χ4n) is 1.24. The molecule has 0 saturated heterocycles. The molecule has 110 valence electrons. The molecule has 0 saturated carbocycles. The van der Waals surface area contributed by atoms with Crippen molar-refractivity contribution in [1.29, 1.82) is 0 Å². The molecule has 2 atom stereocenters. The average Bonchev–Trinajstić information content (AvgIpc) is 2.28. The van der Waals surface area contributed by atoms with Crippen LogP contribution >= 0.6 is 12.4 Å². The highest BCUT2D eigenvalue weighted by molar-refractivity contribution is 5.85. The molecule has 1 rings (SSSR count). The number of nitrogens with two attached hydrogens (primary N) is 1. The van der Waals surface area contributed by atoms with Crippen LogP contribution in [-0.2, 0) is 0 Å². The molecule has 0 heterocycles. The smallest absolute Gasteiger partial charge is 0.428 e. The zero-order valence-corrected chi connectivity index (χ0v) is 10.7. The van der Waals surface area contributed by atoms with E-state index >= 15 is 0 Å². The first kappa shape index (κ1) is 17.9. The molecular weight excluding hydrogens is 290 g/mol. The van der Waals surface area contributed by atoms with E-state index < -0.39 is 30.4 Å². The second-order valence-electron chi connectivity index (χ2n) is 3.80. The first-order chi connectivity index (χ1) is 8.24. The molecule has 0 aliphatic rings. The molecule has 0 aliphatic carbocycles. The Labute approximate surface area is 113 Å². The van der Waals surface area contributed by atoms with Gasteiger partial charge in [0.1, 0.15) is 5.75 Å². The van der Waals surface area contributed by atoms with E-state index in [0.717, 1.165) is 12.1 Å². The maximum absolute atomic E-state index is 12.6. The van der Waals surface area contributed by atoms with Crippen molar-refractivity contribution in [3.8, 4) is 5.75 Å². The number of halogens is 5. The van der Waals surface area contributed by atoms with Crippen LogP contribution in [0, 0.1) is 0 Å². The number of aliphatic hydroxyl groups is 1. The first-order valence-corrected chi connectivity index (χ1v) is 5.12. The van der Waals surface area contributed by atoms with Gasteiger partial charge in [-0.2, -0.15) is 17.6 Å². The number of aliphatic hydroxyl groups excluding tert-OH is 1. The van der Waals surface area contributed by atoms with Crippen molar-refractivity contribution in [2.24, 2.45) is 5.73 Å². The topological polar surface area (TPSA) is 55.5 Å². The lowest BCUT2D eigenvalue weighted by Crippen LogP contribution is -2.33. The van der Waals surface area contributed by atoms with Gasteiger partial charge in [-0.3, -0.25) is 0 Å². The van der Waals surface area contributed by atoms with Gasteiger partial charge in [0.15, 0.2) is 0 Å². The largest absolute Gasteiger partial charge is 0.461 e. The molecule has 3 N–H and O–H groups in total. The Morgan fingerprint density at radius 2 is 1.68 bits per heavy atom. The Bertz CT molecular complexity index is 387. The second-order valence-corrected chi connectivity index (χ2v) is 3.80. The fraction of sp³-hybridized carbons (Fsp3) is 0.455. The van der Waals surface area contributed by atoms with Crippen LogP contribution in [0.1, 0.15) is 18.5 Å². The highest BCUT2D eigenvalue weighted by Crippen LogP contribution is 2.28. The third kappa shape index (κ3) is 4.85. The first-order valence-electron chi connectivity index (χ1n) is 5.12. The molecule has 0 fully saturated rings. The SMILES string of the molecule is C[C@@H](O)[C@@H](N)c1ccc(OC(F)(F)C(F)F)cc1.Cl. The van der Waals surface area contributed by atoms with Gasteiger partial charge in [-0.15, -0.1) is 12.4 Å². The van der Waals surface area contributed by atoms with E-state index in [9.17, 15) is 22.7 Å². The van der Waals surface area contributed by atoms with Gasteiger partial charge in [-0.1, -0.05) is 12.1 Å². The third-order valence-corrected chi connectivity index (χ3v) is 2.29. The number of rotatable bonds is 5.